The molecule has 5 nitrogen and oxygen atoms in total. The van der Waals surface area contributed by atoms with Crippen molar-refractivity contribution in [3.05, 3.63) is 130 Å². The lowest BCUT2D eigenvalue weighted by Gasteiger charge is -2.17. The molecule has 0 atom stereocenters. The maximum Gasteiger partial charge on any atom is 0.137 e. The van der Waals surface area contributed by atoms with Gasteiger partial charge in [0.2, 0.25) is 0 Å². The van der Waals surface area contributed by atoms with Crippen molar-refractivity contribution in [3.8, 4) is 34.1 Å². The van der Waals surface area contributed by atoms with Crippen LogP contribution in [-0.4, -0.2) is 19.3 Å². The summed E-state index contributed by atoms with van der Waals surface area (Å²) in [4.78, 5) is 4.77. The van der Waals surface area contributed by atoms with Gasteiger partial charge in [0.15, 0.2) is 0 Å². The van der Waals surface area contributed by atoms with Crippen LogP contribution in [0, 0.1) is 27.7 Å². The van der Waals surface area contributed by atoms with Crippen molar-refractivity contribution in [3.63, 3.8) is 0 Å². The van der Waals surface area contributed by atoms with Crippen molar-refractivity contribution < 1.29 is 4.74 Å². The van der Waals surface area contributed by atoms with Gasteiger partial charge < -0.3 is 4.74 Å². The molecule has 0 aliphatic rings. The largest absolute Gasteiger partial charge is 0.457 e. The number of para-hydroxylation sites is 1. The van der Waals surface area contributed by atoms with Gasteiger partial charge in [-0.15, -0.1) is 0 Å². The highest BCUT2D eigenvalue weighted by atomic mass is 16.5. The molecule has 0 amide bonds. The van der Waals surface area contributed by atoms with E-state index >= 15 is 0 Å². The first-order valence-electron chi connectivity index (χ1n) is 18.1. The molecule has 0 saturated carbocycles. The zero-order valence-corrected chi connectivity index (χ0v) is 30.8. The van der Waals surface area contributed by atoms with Crippen molar-refractivity contribution in [2.75, 3.05) is 0 Å². The fourth-order valence-electron chi connectivity index (χ4n) is 7.62. The maximum atomic E-state index is 6.80. The molecule has 3 aromatic heterocycles. The van der Waals surface area contributed by atoms with E-state index in [9.17, 15) is 0 Å². The summed E-state index contributed by atoms with van der Waals surface area (Å²) in [5.74, 6) is 2.81. The van der Waals surface area contributed by atoms with Crippen molar-refractivity contribution in [2.24, 2.45) is 0 Å². The van der Waals surface area contributed by atoms with Crippen LogP contribution in [0.1, 0.15) is 85.7 Å². The van der Waals surface area contributed by atoms with E-state index in [1.807, 2.05) is 12.3 Å². The van der Waals surface area contributed by atoms with Crippen LogP contribution in [0.3, 0.4) is 0 Å². The number of fused-ring (bicyclic) bond motifs is 3. The average Bonchev–Trinajstić information content (AvgIpc) is 3.59. The molecule has 0 unspecified atom stereocenters. The Kier molecular flexibility index (Phi) is 9.09. The Morgan fingerprint density at radius 2 is 1.42 bits per heavy atom. The Morgan fingerprint density at radius 1 is 0.680 bits per heavy atom. The molecule has 50 heavy (non-hydrogen) atoms. The summed E-state index contributed by atoms with van der Waals surface area (Å²) in [5, 5.41) is 7.75. The molecule has 7 rings (SSSR count). The topological polar surface area (TPSA) is 44.9 Å². The van der Waals surface area contributed by atoms with E-state index in [0.717, 1.165) is 59.7 Å². The van der Waals surface area contributed by atoms with Crippen LogP contribution < -0.4 is 4.74 Å². The highest BCUT2D eigenvalue weighted by Gasteiger charge is 2.23. The third-order valence-electron chi connectivity index (χ3n) is 9.79. The molecule has 7 aromatic rings. The molecule has 0 fully saturated rings. The predicted molar refractivity (Wildman–Crippen MR) is 209 cm³/mol. The van der Waals surface area contributed by atoms with Crippen LogP contribution in [0.25, 0.3) is 44.4 Å². The Balaban J connectivity index is 1.38. The molecule has 0 aliphatic carbocycles. The van der Waals surface area contributed by atoms with Crippen LogP contribution in [0.4, 0.5) is 0 Å². The Labute approximate surface area is 296 Å². The molecule has 5 heteroatoms. The minimum absolute atomic E-state index is 0.316. The molecule has 0 saturated heterocycles. The number of hydrogen-bond donors (Lipinski definition) is 0. The number of aryl methyl sites for hydroxylation is 5. The molecule has 254 valence electrons. The van der Waals surface area contributed by atoms with Crippen molar-refractivity contribution in [1.82, 2.24) is 19.3 Å². The summed E-state index contributed by atoms with van der Waals surface area (Å²) in [6.07, 6.45) is 5.83. The second-order valence-electron chi connectivity index (χ2n) is 14.2. The summed E-state index contributed by atoms with van der Waals surface area (Å²) in [7, 11) is 0. The number of nitrogens with zero attached hydrogens (tertiary/aromatic N) is 4. The predicted octanol–water partition coefficient (Wildman–Crippen LogP) is 12.1. The molecule has 4 aromatic carbocycles. The lowest BCUT2D eigenvalue weighted by atomic mass is 9.90. The monoisotopic (exact) mass is 660 g/mol. The van der Waals surface area contributed by atoms with Crippen LogP contribution in [0.15, 0.2) is 91.1 Å². The van der Waals surface area contributed by atoms with E-state index in [1.54, 1.807) is 0 Å². The SMILES string of the molecule is CCCc1nn(-c2cc(Oc3ccc4c5ccccc5n(-c5cc(C)ccn5)c4c3)cc(C(C)C)c2)c(CCC)c1-c1c(C)cc(C)cc1C. The number of aromatic nitrogens is 4. The van der Waals surface area contributed by atoms with Crippen LogP contribution in [0.5, 0.6) is 11.5 Å². The second-order valence-corrected chi connectivity index (χ2v) is 14.2. The number of ether oxygens (including phenoxy) is 1. The normalized spacial score (nSPS) is 11.7. The summed E-state index contributed by atoms with van der Waals surface area (Å²) < 4.78 is 11.3. The number of benzene rings is 4. The first-order chi connectivity index (χ1) is 24.2. The quantitative estimate of drug-likeness (QED) is 0.147. The van der Waals surface area contributed by atoms with Gasteiger partial charge >= 0.3 is 0 Å². The summed E-state index contributed by atoms with van der Waals surface area (Å²) in [6.45, 7) is 17.8. The first-order valence-corrected chi connectivity index (χ1v) is 18.1. The van der Waals surface area contributed by atoms with Gasteiger partial charge in [0.25, 0.3) is 0 Å². The van der Waals surface area contributed by atoms with E-state index in [1.165, 1.54) is 61.1 Å². The second kappa shape index (κ2) is 13.6. The van der Waals surface area contributed by atoms with Gasteiger partial charge in [0, 0.05) is 34.7 Å². The van der Waals surface area contributed by atoms with Crippen molar-refractivity contribution in [2.45, 2.75) is 87.0 Å². The maximum absolute atomic E-state index is 6.80. The van der Waals surface area contributed by atoms with Gasteiger partial charge in [-0.3, -0.25) is 4.57 Å². The zero-order valence-electron chi connectivity index (χ0n) is 30.8. The fourth-order valence-corrected chi connectivity index (χ4v) is 7.62. The van der Waals surface area contributed by atoms with Gasteiger partial charge in [0.05, 0.1) is 28.1 Å². The van der Waals surface area contributed by atoms with E-state index < -0.39 is 0 Å². The Bertz CT molecular complexity index is 2330. The number of rotatable bonds is 10. The minimum atomic E-state index is 0.316. The van der Waals surface area contributed by atoms with Gasteiger partial charge in [-0.2, -0.15) is 5.10 Å². The highest BCUT2D eigenvalue weighted by Crippen LogP contribution is 2.39. The van der Waals surface area contributed by atoms with E-state index in [2.05, 4.69) is 144 Å². The van der Waals surface area contributed by atoms with Crippen molar-refractivity contribution >= 4 is 21.8 Å². The molecule has 0 N–H and O–H groups in total. The zero-order chi connectivity index (χ0) is 35.1. The Morgan fingerprint density at radius 3 is 2.14 bits per heavy atom. The Hall–Kier alpha value is -5.16. The van der Waals surface area contributed by atoms with Gasteiger partial charge in [-0.05, 0) is 117 Å². The molecule has 0 bridgehead atoms. The van der Waals surface area contributed by atoms with Gasteiger partial charge in [-0.25, -0.2) is 9.67 Å². The molecular weight excluding hydrogens is 613 g/mol. The van der Waals surface area contributed by atoms with Crippen LogP contribution >= 0.6 is 0 Å². The third-order valence-corrected chi connectivity index (χ3v) is 9.79. The van der Waals surface area contributed by atoms with Crippen molar-refractivity contribution in [1.29, 1.82) is 0 Å². The smallest absolute Gasteiger partial charge is 0.137 e. The molecule has 0 radical (unpaired) electrons. The number of hydrogen-bond acceptors (Lipinski definition) is 3. The molecule has 3 heterocycles. The first kappa shape index (κ1) is 33.3. The third kappa shape index (κ3) is 6.10. The van der Waals surface area contributed by atoms with Crippen LogP contribution in [-0.2, 0) is 12.8 Å². The standard InChI is InChI=1S/C45H48N4O/c1-9-13-39-45(44-31(7)21-30(6)22-32(44)8)41(14-10-2)49(47-39)34-24-33(28(3)4)25-36(26-34)50-35-17-18-38-37-15-11-12-16-40(37)48(42(38)27-35)43-23-29(5)19-20-46-43/h11-12,15-28H,9-10,13-14H2,1-8H3. The summed E-state index contributed by atoms with van der Waals surface area (Å²) >= 11 is 0. The lowest BCUT2D eigenvalue weighted by Crippen LogP contribution is -2.05. The fraction of sp³-hybridized carbons (Fsp3) is 0.289. The summed E-state index contributed by atoms with van der Waals surface area (Å²) in [5.41, 5.74) is 14.6. The number of pyridine rings is 1. The lowest BCUT2D eigenvalue weighted by molar-refractivity contribution is 0.481. The molecule has 0 spiro atoms. The van der Waals surface area contributed by atoms with E-state index in [4.69, 9.17) is 14.8 Å². The molecule has 0 aliphatic heterocycles. The van der Waals surface area contributed by atoms with Gasteiger partial charge in [-0.1, -0.05) is 76.4 Å². The van der Waals surface area contributed by atoms with Crippen LogP contribution in [0.2, 0.25) is 0 Å². The average molecular weight is 661 g/mol. The van der Waals surface area contributed by atoms with Gasteiger partial charge in [0.1, 0.15) is 17.3 Å². The minimum Gasteiger partial charge on any atom is -0.457 e. The van der Waals surface area contributed by atoms with E-state index in [0.29, 0.717) is 5.92 Å². The molecular formula is C45H48N4O. The van der Waals surface area contributed by atoms with E-state index in [-0.39, 0.29) is 0 Å². The highest BCUT2D eigenvalue weighted by molar-refractivity contribution is 6.09. The summed E-state index contributed by atoms with van der Waals surface area (Å²) in [6, 6.07) is 30.4.